The number of ketones is 1. The van der Waals surface area contributed by atoms with Gasteiger partial charge in [-0.15, -0.1) is 0 Å². The first-order valence-corrected chi connectivity index (χ1v) is 12.7. The van der Waals surface area contributed by atoms with Gasteiger partial charge in [0.1, 0.15) is 16.3 Å². The molecule has 1 saturated carbocycles. The summed E-state index contributed by atoms with van der Waals surface area (Å²) in [7, 11) is -8.56. The van der Waals surface area contributed by atoms with Gasteiger partial charge in [-0.3, -0.25) is 4.79 Å². The van der Waals surface area contributed by atoms with Crippen LogP contribution in [0.3, 0.4) is 0 Å². The van der Waals surface area contributed by atoms with E-state index in [9.17, 15) is 21.6 Å². The van der Waals surface area contributed by atoms with E-state index in [1.54, 1.807) is 0 Å². The maximum atomic E-state index is 12.7. The number of primary sulfonamides is 1. The summed E-state index contributed by atoms with van der Waals surface area (Å²) in [5.41, 5.74) is 0.311. The summed E-state index contributed by atoms with van der Waals surface area (Å²) in [4.78, 5) is 15.5. The molecule has 0 unspecified atom stereocenters. The molecule has 158 valence electrons. The van der Waals surface area contributed by atoms with E-state index < -0.39 is 41.2 Å². The Balaban J connectivity index is 1.83. The second-order valence-electron chi connectivity index (χ2n) is 6.98. The van der Waals surface area contributed by atoms with E-state index in [2.05, 4.69) is 16.8 Å². The zero-order chi connectivity index (χ0) is 21.9. The molecular weight excluding hydrogens is 448 g/mol. The second kappa shape index (κ2) is 8.86. The maximum Gasteiger partial charge on any atom is 0.239 e. The second-order valence-corrected chi connectivity index (χ2v) is 10.9. The molecule has 0 spiro atoms. The smallest absolute Gasteiger partial charge is 0.239 e. The number of hydrogen-bond donors (Lipinski definition) is 1. The highest BCUT2D eigenvalue weighted by molar-refractivity contribution is 7.94. The molecule has 0 atom stereocenters. The highest BCUT2D eigenvalue weighted by Gasteiger charge is 2.27. The van der Waals surface area contributed by atoms with E-state index in [1.807, 2.05) is 0 Å². The van der Waals surface area contributed by atoms with E-state index in [-0.39, 0.29) is 10.6 Å². The fourth-order valence-electron chi connectivity index (χ4n) is 3.20. The maximum absolute atomic E-state index is 12.7. The van der Waals surface area contributed by atoms with Gasteiger partial charge in [0, 0.05) is 17.7 Å². The Kier molecular flexibility index (Phi) is 6.62. The zero-order valence-electron chi connectivity index (χ0n) is 15.8. The first-order valence-electron chi connectivity index (χ1n) is 9.13. The molecule has 0 amide bonds. The lowest BCUT2D eigenvalue weighted by molar-refractivity contribution is 0.102. The summed E-state index contributed by atoms with van der Waals surface area (Å²) in [6, 6.07) is 6.17. The Labute approximate surface area is 180 Å². The summed E-state index contributed by atoms with van der Waals surface area (Å²) in [6.45, 7) is 0. The van der Waals surface area contributed by atoms with Gasteiger partial charge in [0.05, 0.1) is 9.92 Å². The Hall–Kier alpha value is -2.25. The molecule has 7 nitrogen and oxygen atoms in total. The van der Waals surface area contributed by atoms with Crippen LogP contribution in [0.4, 0.5) is 0 Å². The van der Waals surface area contributed by atoms with Crippen LogP contribution in [0.25, 0.3) is 0 Å². The highest BCUT2D eigenvalue weighted by Crippen LogP contribution is 2.25. The molecule has 10 heteroatoms. The molecule has 2 N–H and O–H groups in total. The topological polar surface area (TPSA) is 124 Å². The van der Waals surface area contributed by atoms with Crippen LogP contribution in [0.15, 0.2) is 46.3 Å². The van der Waals surface area contributed by atoms with Crippen molar-refractivity contribution in [3.05, 3.63) is 52.8 Å². The Morgan fingerprint density at radius 3 is 2.37 bits per heavy atom. The van der Waals surface area contributed by atoms with Crippen LogP contribution in [-0.4, -0.2) is 33.4 Å². The third-order valence-corrected chi connectivity index (χ3v) is 7.78. The van der Waals surface area contributed by atoms with Crippen molar-refractivity contribution in [3.63, 3.8) is 0 Å². The minimum absolute atomic E-state index is 0.0110. The summed E-state index contributed by atoms with van der Waals surface area (Å²) >= 11 is 6.17. The lowest BCUT2D eigenvalue weighted by Crippen LogP contribution is -2.21. The summed E-state index contributed by atoms with van der Waals surface area (Å²) < 4.78 is 48.7. The third-order valence-electron chi connectivity index (χ3n) is 4.72. The zero-order valence-corrected chi connectivity index (χ0v) is 18.2. The SMILES string of the molecule is NS(=O)(=O)c1ccccc1S(=O)(=O)CC(=O)c1cnc(C#CC2CCCC2)c(Cl)c1. The number of sulfonamides is 1. The number of benzene rings is 1. The standard InChI is InChI=1S/C20H19ClN2O5S2/c21-16-11-15(12-23-17(16)10-9-14-5-1-2-6-14)18(24)13-29(25,26)19-7-3-4-8-20(19)30(22,27)28/h3-4,7-8,11-12,14H,1-2,5-6,13H2,(H2,22,27,28). The molecule has 1 aliphatic rings. The van der Waals surface area contributed by atoms with Crippen LogP contribution in [0.2, 0.25) is 5.02 Å². The molecule has 1 aliphatic carbocycles. The average molecular weight is 467 g/mol. The number of nitrogens with zero attached hydrogens (tertiary/aromatic N) is 1. The highest BCUT2D eigenvalue weighted by atomic mass is 35.5. The number of Topliss-reactive ketones (excluding diaryl/α,β-unsaturated/α-hetero) is 1. The molecule has 2 aromatic rings. The van der Waals surface area contributed by atoms with E-state index >= 15 is 0 Å². The number of sulfone groups is 1. The van der Waals surface area contributed by atoms with Crippen LogP contribution >= 0.6 is 11.6 Å². The number of rotatable bonds is 5. The largest absolute Gasteiger partial charge is 0.293 e. The molecule has 1 fully saturated rings. The van der Waals surface area contributed by atoms with Crippen molar-refractivity contribution in [2.24, 2.45) is 11.1 Å². The van der Waals surface area contributed by atoms with Crippen LogP contribution in [0.1, 0.15) is 41.7 Å². The van der Waals surface area contributed by atoms with Crippen molar-refractivity contribution < 1.29 is 21.6 Å². The van der Waals surface area contributed by atoms with E-state index in [0.717, 1.165) is 37.8 Å². The average Bonchev–Trinajstić information content (AvgIpc) is 3.19. The molecule has 1 aromatic carbocycles. The number of halogens is 1. The van der Waals surface area contributed by atoms with Crippen LogP contribution in [-0.2, 0) is 19.9 Å². The number of carbonyl (C=O) groups excluding carboxylic acids is 1. The van der Waals surface area contributed by atoms with Crippen molar-refractivity contribution >= 4 is 37.2 Å². The van der Waals surface area contributed by atoms with Crippen molar-refractivity contribution in [2.75, 3.05) is 5.75 Å². The molecule has 0 radical (unpaired) electrons. The van der Waals surface area contributed by atoms with Gasteiger partial charge >= 0.3 is 0 Å². The van der Waals surface area contributed by atoms with Gasteiger partial charge in [-0.05, 0) is 37.0 Å². The van der Waals surface area contributed by atoms with Gasteiger partial charge in [0.15, 0.2) is 15.6 Å². The third kappa shape index (κ3) is 5.26. The van der Waals surface area contributed by atoms with Crippen LogP contribution < -0.4 is 5.14 Å². The summed E-state index contributed by atoms with van der Waals surface area (Å²) in [5, 5.41) is 5.24. The van der Waals surface area contributed by atoms with E-state index in [1.165, 1.54) is 24.4 Å². The first kappa shape index (κ1) is 22.4. The summed E-state index contributed by atoms with van der Waals surface area (Å²) in [6.07, 6.45) is 5.60. The molecule has 30 heavy (non-hydrogen) atoms. The number of hydrogen-bond acceptors (Lipinski definition) is 6. The van der Waals surface area contributed by atoms with Crippen LogP contribution in [0.5, 0.6) is 0 Å². The Bertz CT molecular complexity index is 1260. The number of nitrogens with two attached hydrogens (primary N) is 1. The first-order chi connectivity index (χ1) is 14.1. The predicted molar refractivity (Wildman–Crippen MR) is 112 cm³/mol. The van der Waals surface area contributed by atoms with Gasteiger partial charge in [0.2, 0.25) is 10.0 Å². The normalized spacial score (nSPS) is 14.9. The Morgan fingerprint density at radius 1 is 1.13 bits per heavy atom. The molecule has 1 heterocycles. The molecule has 0 aliphatic heterocycles. The minimum Gasteiger partial charge on any atom is -0.293 e. The number of pyridine rings is 1. The van der Waals surface area contributed by atoms with Gasteiger partial charge < -0.3 is 0 Å². The van der Waals surface area contributed by atoms with E-state index in [0.29, 0.717) is 11.6 Å². The lowest BCUT2D eigenvalue weighted by Gasteiger charge is -2.09. The van der Waals surface area contributed by atoms with Gasteiger partial charge in [-0.1, -0.05) is 42.5 Å². The van der Waals surface area contributed by atoms with Gasteiger partial charge in [-0.2, -0.15) is 0 Å². The number of aromatic nitrogens is 1. The van der Waals surface area contributed by atoms with Crippen LogP contribution in [0, 0.1) is 17.8 Å². The Morgan fingerprint density at radius 2 is 1.77 bits per heavy atom. The molecule has 1 aromatic heterocycles. The number of carbonyl (C=O) groups is 1. The predicted octanol–water partition coefficient (Wildman–Crippen LogP) is 2.58. The van der Waals surface area contributed by atoms with Gasteiger partial charge in [-0.25, -0.2) is 27.0 Å². The minimum atomic E-state index is -4.28. The van der Waals surface area contributed by atoms with Gasteiger partial charge in [0.25, 0.3) is 0 Å². The van der Waals surface area contributed by atoms with Crippen molar-refractivity contribution in [2.45, 2.75) is 35.5 Å². The van der Waals surface area contributed by atoms with Crippen molar-refractivity contribution in [1.82, 2.24) is 4.98 Å². The van der Waals surface area contributed by atoms with E-state index in [4.69, 9.17) is 16.7 Å². The fraction of sp³-hybridized carbons (Fsp3) is 0.300. The fourth-order valence-corrected chi connectivity index (χ4v) is 6.09. The van der Waals surface area contributed by atoms with Crippen molar-refractivity contribution in [1.29, 1.82) is 0 Å². The molecule has 0 saturated heterocycles. The van der Waals surface area contributed by atoms with Crippen molar-refractivity contribution in [3.8, 4) is 11.8 Å². The molecule has 3 rings (SSSR count). The molecule has 0 bridgehead atoms. The lowest BCUT2D eigenvalue weighted by atomic mass is 10.1. The summed E-state index contributed by atoms with van der Waals surface area (Å²) in [5.74, 6) is 4.62. The monoisotopic (exact) mass is 466 g/mol. The quantitative estimate of drug-likeness (QED) is 0.533. The molecular formula is C20H19ClN2O5S2.